The summed E-state index contributed by atoms with van der Waals surface area (Å²) in [6.07, 6.45) is 8.47. The first-order valence-electron chi connectivity index (χ1n) is 12.1. The molecule has 0 amide bonds. The van der Waals surface area contributed by atoms with Crippen molar-refractivity contribution < 1.29 is 9.84 Å². The number of nitrogens with one attached hydrogen (secondary N) is 2. The van der Waals surface area contributed by atoms with Crippen LogP contribution < -0.4 is 21.1 Å². The molecule has 2 aromatic heterocycles. The van der Waals surface area contributed by atoms with Crippen molar-refractivity contribution in [2.24, 2.45) is 0 Å². The van der Waals surface area contributed by atoms with Crippen LogP contribution in [0.25, 0.3) is 11.2 Å². The minimum absolute atomic E-state index is 0.00891. The molecule has 2 heterocycles. The van der Waals surface area contributed by atoms with Crippen molar-refractivity contribution in [3.05, 3.63) is 30.1 Å². The van der Waals surface area contributed by atoms with Gasteiger partial charge in [-0.3, -0.25) is 0 Å². The molecular formula is C25H37N7O2. The number of rotatable bonds is 9. The smallest absolute Gasteiger partial charge is 0.226 e. The predicted molar refractivity (Wildman–Crippen MR) is 136 cm³/mol. The topological polar surface area (TPSA) is 123 Å². The number of fused-ring (bicyclic) bond motifs is 1. The van der Waals surface area contributed by atoms with E-state index in [1.165, 1.54) is 19.3 Å². The van der Waals surface area contributed by atoms with Gasteiger partial charge in [0.1, 0.15) is 5.75 Å². The molecule has 1 saturated carbocycles. The van der Waals surface area contributed by atoms with Crippen molar-refractivity contribution in [2.45, 2.75) is 83.5 Å². The molecule has 34 heavy (non-hydrogen) atoms. The van der Waals surface area contributed by atoms with Crippen molar-refractivity contribution in [2.75, 3.05) is 23.5 Å². The van der Waals surface area contributed by atoms with Gasteiger partial charge in [-0.2, -0.15) is 9.97 Å². The molecule has 3 aromatic rings. The zero-order valence-electron chi connectivity index (χ0n) is 20.6. The maximum Gasteiger partial charge on any atom is 0.226 e. The highest BCUT2D eigenvalue weighted by Gasteiger charge is 2.22. The van der Waals surface area contributed by atoms with Gasteiger partial charge in [-0.1, -0.05) is 19.3 Å². The second-order valence-electron chi connectivity index (χ2n) is 9.99. The van der Waals surface area contributed by atoms with E-state index in [4.69, 9.17) is 25.4 Å². The first-order valence-corrected chi connectivity index (χ1v) is 12.1. The van der Waals surface area contributed by atoms with Crippen molar-refractivity contribution in [1.29, 1.82) is 0 Å². The number of nitrogen functional groups attached to an aromatic ring is 1. The number of anilines is 3. The Labute approximate surface area is 201 Å². The zero-order chi connectivity index (χ0) is 24.3. The average molecular weight is 468 g/mol. The second-order valence-corrected chi connectivity index (χ2v) is 9.99. The van der Waals surface area contributed by atoms with Gasteiger partial charge in [0.15, 0.2) is 17.0 Å². The second kappa shape index (κ2) is 10.0. The SMILES string of the molecule is COc1ccc(N)c(CNc2nc(NC(C)CC(C)(C)O)nc3c2ncn3C2CCCCC2)c1. The maximum absolute atomic E-state index is 10.2. The molecule has 0 saturated heterocycles. The minimum atomic E-state index is -0.786. The Morgan fingerprint density at radius 1 is 1.24 bits per heavy atom. The fourth-order valence-corrected chi connectivity index (χ4v) is 4.79. The third-order valence-electron chi connectivity index (χ3n) is 6.37. The van der Waals surface area contributed by atoms with Crippen LogP contribution in [0, 0.1) is 0 Å². The molecule has 1 aliphatic carbocycles. The zero-order valence-corrected chi connectivity index (χ0v) is 20.6. The summed E-state index contributed by atoms with van der Waals surface area (Å²) in [7, 11) is 1.64. The Bertz CT molecular complexity index is 1120. The number of imidazole rings is 1. The number of ether oxygens (including phenoxy) is 1. The van der Waals surface area contributed by atoms with E-state index in [0.29, 0.717) is 36.5 Å². The summed E-state index contributed by atoms with van der Waals surface area (Å²) in [6, 6.07) is 6.00. The molecule has 9 heteroatoms. The molecule has 1 fully saturated rings. The van der Waals surface area contributed by atoms with Crippen LogP contribution >= 0.6 is 0 Å². The summed E-state index contributed by atoms with van der Waals surface area (Å²) in [5.41, 5.74) is 8.57. The fraction of sp³-hybridized carbons (Fsp3) is 0.560. The Morgan fingerprint density at radius 3 is 2.71 bits per heavy atom. The molecule has 9 nitrogen and oxygen atoms in total. The van der Waals surface area contributed by atoms with Crippen LogP contribution in [0.4, 0.5) is 17.5 Å². The van der Waals surface area contributed by atoms with Crippen LogP contribution in [0.1, 0.15) is 70.9 Å². The number of aromatic nitrogens is 4. The molecular weight excluding hydrogens is 430 g/mol. The number of nitrogens with zero attached hydrogens (tertiary/aromatic N) is 4. The van der Waals surface area contributed by atoms with Gasteiger partial charge in [0.25, 0.3) is 0 Å². The Morgan fingerprint density at radius 2 is 2.00 bits per heavy atom. The lowest BCUT2D eigenvalue weighted by atomic mass is 9.95. The monoisotopic (exact) mass is 467 g/mol. The summed E-state index contributed by atoms with van der Waals surface area (Å²) in [5, 5.41) is 17.0. The molecule has 0 bridgehead atoms. The van der Waals surface area contributed by atoms with Crippen molar-refractivity contribution in [3.8, 4) is 5.75 Å². The first kappa shape index (κ1) is 24.1. The lowest BCUT2D eigenvalue weighted by Gasteiger charge is -2.24. The van der Waals surface area contributed by atoms with E-state index in [1.54, 1.807) is 21.0 Å². The van der Waals surface area contributed by atoms with Gasteiger partial charge in [0.2, 0.25) is 5.95 Å². The Kier molecular flexibility index (Phi) is 7.11. The van der Waals surface area contributed by atoms with Crippen molar-refractivity contribution >= 4 is 28.6 Å². The molecule has 1 atom stereocenters. The number of hydrogen-bond donors (Lipinski definition) is 4. The Hall–Kier alpha value is -3.07. The Balaban J connectivity index is 1.66. The van der Waals surface area contributed by atoms with Crippen LogP contribution in [0.15, 0.2) is 24.5 Å². The molecule has 4 rings (SSSR count). The van der Waals surface area contributed by atoms with Crippen LogP contribution in [0.5, 0.6) is 5.75 Å². The lowest BCUT2D eigenvalue weighted by Crippen LogP contribution is -2.29. The summed E-state index contributed by atoms with van der Waals surface area (Å²) in [4.78, 5) is 14.3. The molecule has 1 aromatic carbocycles. The van der Waals surface area contributed by atoms with Crippen LogP contribution in [-0.4, -0.2) is 43.4 Å². The average Bonchev–Trinajstić information content (AvgIpc) is 3.21. The molecule has 0 radical (unpaired) electrons. The molecule has 1 unspecified atom stereocenters. The van der Waals surface area contributed by atoms with Crippen LogP contribution in [0.2, 0.25) is 0 Å². The lowest BCUT2D eigenvalue weighted by molar-refractivity contribution is 0.0672. The largest absolute Gasteiger partial charge is 0.497 e. The van der Waals surface area contributed by atoms with E-state index >= 15 is 0 Å². The summed E-state index contributed by atoms with van der Waals surface area (Å²) < 4.78 is 7.55. The van der Waals surface area contributed by atoms with E-state index in [0.717, 1.165) is 35.3 Å². The standard InChI is InChI=1S/C25H37N7O2/c1-16(13-25(2,3)33)29-24-30-22(27-14-17-12-19(34-4)10-11-20(17)26)21-23(31-24)32(15-28-21)18-8-6-5-7-9-18/h10-12,15-16,18,33H,5-9,13-14,26H2,1-4H3,(H2,27,29,30,31). The molecule has 0 aliphatic heterocycles. The molecule has 1 aliphatic rings. The van der Waals surface area contributed by atoms with Gasteiger partial charge in [0, 0.05) is 24.3 Å². The van der Waals surface area contributed by atoms with Gasteiger partial charge in [-0.05, 0) is 63.8 Å². The van der Waals surface area contributed by atoms with E-state index in [9.17, 15) is 5.11 Å². The molecule has 0 spiro atoms. The van der Waals surface area contributed by atoms with Gasteiger partial charge >= 0.3 is 0 Å². The fourth-order valence-electron chi connectivity index (χ4n) is 4.79. The number of hydrogen-bond acceptors (Lipinski definition) is 8. The first-order chi connectivity index (χ1) is 16.2. The predicted octanol–water partition coefficient (Wildman–Crippen LogP) is 4.50. The summed E-state index contributed by atoms with van der Waals surface area (Å²) in [5.74, 6) is 1.92. The summed E-state index contributed by atoms with van der Waals surface area (Å²) in [6.45, 7) is 6.11. The number of methoxy groups -OCH3 is 1. The van der Waals surface area contributed by atoms with E-state index in [2.05, 4.69) is 15.2 Å². The number of nitrogens with two attached hydrogens (primary N) is 1. The minimum Gasteiger partial charge on any atom is -0.497 e. The highest BCUT2D eigenvalue weighted by Crippen LogP contribution is 2.32. The van der Waals surface area contributed by atoms with Gasteiger partial charge < -0.3 is 30.8 Å². The van der Waals surface area contributed by atoms with Crippen molar-refractivity contribution in [1.82, 2.24) is 19.5 Å². The van der Waals surface area contributed by atoms with Gasteiger partial charge in [-0.25, -0.2) is 4.98 Å². The van der Waals surface area contributed by atoms with E-state index in [-0.39, 0.29) is 6.04 Å². The number of benzene rings is 1. The maximum atomic E-state index is 10.2. The van der Waals surface area contributed by atoms with Gasteiger partial charge in [0.05, 0.1) is 19.0 Å². The third-order valence-corrected chi connectivity index (χ3v) is 6.37. The summed E-state index contributed by atoms with van der Waals surface area (Å²) >= 11 is 0. The van der Waals surface area contributed by atoms with Crippen LogP contribution in [-0.2, 0) is 6.54 Å². The highest BCUT2D eigenvalue weighted by molar-refractivity contribution is 5.84. The number of aliphatic hydroxyl groups is 1. The quantitative estimate of drug-likeness (QED) is 0.339. The molecule has 184 valence electrons. The highest BCUT2D eigenvalue weighted by atomic mass is 16.5. The molecule has 5 N–H and O–H groups in total. The third kappa shape index (κ3) is 5.70. The van der Waals surface area contributed by atoms with Crippen LogP contribution in [0.3, 0.4) is 0 Å². The van der Waals surface area contributed by atoms with Crippen molar-refractivity contribution in [3.63, 3.8) is 0 Å². The van der Waals surface area contributed by atoms with E-state index in [1.807, 2.05) is 31.5 Å². The van der Waals surface area contributed by atoms with E-state index < -0.39 is 5.60 Å². The van der Waals surface area contributed by atoms with Gasteiger partial charge in [-0.15, -0.1) is 0 Å². The normalized spacial score (nSPS) is 15.9.